The van der Waals surface area contributed by atoms with E-state index in [2.05, 4.69) is 9.88 Å². The summed E-state index contributed by atoms with van der Waals surface area (Å²) in [6.07, 6.45) is 10.9. The van der Waals surface area contributed by atoms with E-state index in [-0.39, 0.29) is 29.8 Å². The largest absolute Gasteiger partial charge is 0.454 e. The molecular weight excluding hydrogens is 396 g/mol. The van der Waals surface area contributed by atoms with Gasteiger partial charge in [0.25, 0.3) is 5.91 Å². The molecular formula is C23H30N4O4. The van der Waals surface area contributed by atoms with Gasteiger partial charge in [0.2, 0.25) is 5.91 Å². The van der Waals surface area contributed by atoms with Crippen molar-refractivity contribution in [2.75, 3.05) is 26.3 Å². The van der Waals surface area contributed by atoms with Crippen LogP contribution < -0.4 is 0 Å². The first-order chi connectivity index (χ1) is 15.2. The molecule has 1 aliphatic carbocycles. The van der Waals surface area contributed by atoms with Crippen LogP contribution >= 0.6 is 0 Å². The van der Waals surface area contributed by atoms with Gasteiger partial charge < -0.3 is 23.5 Å². The minimum absolute atomic E-state index is 0.0780. The van der Waals surface area contributed by atoms with Crippen LogP contribution in [0.15, 0.2) is 35.3 Å². The summed E-state index contributed by atoms with van der Waals surface area (Å²) in [5, 5.41) is 0. The lowest BCUT2D eigenvalue weighted by Gasteiger charge is -2.44. The normalized spacial score (nSPS) is 22.5. The molecule has 0 N–H and O–H groups in total. The van der Waals surface area contributed by atoms with Crippen LogP contribution in [0.4, 0.5) is 0 Å². The molecule has 2 aliphatic heterocycles. The Morgan fingerprint density at radius 3 is 2.68 bits per heavy atom. The summed E-state index contributed by atoms with van der Waals surface area (Å²) in [7, 11) is 0. The van der Waals surface area contributed by atoms with Gasteiger partial charge in [0.1, 0.15) is 5.76 Å². The second kappa shape index (κ2) is 8.86. The van der Waals surface area contributed by atoms with Gasteiger partial charge in [-0.25, -0.2) is 4.98 Å². The van der Waals surface area contributed by atoms with Crippen molar-refractivity contribution >= 4 is 11.8 Å². The minimum atomic E-state index is -0.0904. The number of rotatable bonds is 6. The quantitative estimate of drug-likeness (QED) is 0.709. The van der Waals surface area contributed by atoms with Gasteiger partial charge in [0, 0.05) is 56.7 Å². The van der Waals surface area contributed by atoms with Gasteiger partial charge in [0.15, 0.2) is 5.76 Å². The number of nitrogens with zero attached hydrogens (tertiary/aromatic N) is 4. The number of piperidine rings is 1. The fourth-order valence-corrected chi connectivity index (χ4v) is 4.82. The first-order valence-corrected chi connectivity index (χ1v) is 11.4. The van der Waals surface area contributed by atoms with Crippen molar-refractivity contribution in [1.82, 2.24) is 19.4 Å². The van der Waals surface area contributed by atoms with Crippen LogP contribution in [0.3, 0.4) is 0 Å². The van der Waals surface area contributed by atoms with Crippen molar-refractivity contribution in [3.8, 4) is 0 Å². The number of carbonyl (C=O) groups is 2. The average molecular weight is 427 g/mol. The molecule has 1 saturated carbocycles. The van der Waals surface area contributed by atoms with E-state index in [1.807, 2.05) is 21.7 Å². The third-order valence-corrected chi connectivity index (χ3v) is 6.61. The van der Waals surface area contributed by atoms with Crippen LogP contribution in [-0.4, -0.2) is 69.6 Å². The lowest BCUT2D eigenvalue weighted by atomic mass is 9.97. The van der Waals surface area contributed by atoms with Crippen LogP contribution in [0.2, 0.25) is 0 Å². The molecule has 3 fully saturated rings. The second-order valence-electron chi connectivity index (χ2n) is 8.91. The predicted octanol–water partition coefficient (Wildman–Crippen LogP) is 2.55. The van der Waals surface area contributed by atoms with E-state index in [9.17, 15) is 9.59 Å². The predicted molar refractivity (Wildman–Crippen MR) is 112 cm³/mol. The highest BCUT2D eigenvalue weighted by Crippen LogP contribution is 2.35. The summed E-state index contributed by atoms with van der Waals surface area (Å²) in [6, 6.07) is 3.91. The van der Waals surface area contributed by atoms with Crippen LogP contribution in [0.25, 0.3) is 0 Å². The van der Waals surface area contributed by atoms with Crippen LogP contribution in [-0.2, 0) is 16.1 Å². The summed E-state index contributed by atoms with van der Waals surface area (Å²) < 4.78 is 13.3. The number of hydrogen-bond acceptors (Lipinski definition) is 5. The van der Waals surface area contributed by atoms with Crippen LogP contribution in [0, 0.1) is 5.92 Å². The first-order valence-electron chi connectivity index (χ1n) is 11.4. The molecule has 2 amide bonds. The highest BCUT2D eigenvalue weighted by atomic mass is 16.5. The molecule has 1 atom stereocenters. The molecule has 166 valence electrons. The molecule has 0 spiro atoms. The highest BCUT2D eigenvalue weighted by Gasteiger charge is 2.41. The van der Waals surface area contributed by atoms with Crippen molar-refractivity contribution in [3.05, 3.63) is 42.4 Å². The van der Waals surface area contributed by atoms with E-state index in [0.717, 1.165) is 44.3 Å². The molecule has 5 rings (SSSR count). The Balaban J connectivity index is 1.27. The molecule has 4 heterocycles. The van der Waals surface area contributed by atoms with Gasteiger partial charge in [-0.1, -0.05) is 0 Å². The van der Waals surface area contributed by atoms with E-state index in [1.54, 1.807) is 18.6 Å². The molecule has 31 heavy (non-hydrogen) atoms. The molecule has 3 aliphatic rings. The molecule has 2 saturated heterocycles. The van der Waals surface area contributed by atoms with Crippen molar-refractivity contribution < 1.29 is 18.7 Å². The Labute approximate surface area is 182 Å². The zero-order chi connectivity index (χ0) is 21.2. The van der Waals surface area contributed by atoms with E-state index in [1.165, 1.54) is 0 Å². The van der Waals surface area contributed by atoms with Gasteiger partial charge in [-0.05, 0) is 50.7 Å². The maximum Gasteiger partial charge on any atom is 0.289 e. The van der Waals surface area contributed by atoms with Crippen molar-refractivity contribution in [3.63, 3.8) is 0 Å². The summed E-state index contributed by atoms with van der Waals surface area (Å²) in [5.41, 5.74) is 0. The Hall–Kier alpha value is -2.61. The maximum atomic E-state index is 13.2. The monoisotopic (exact) mass is 426 g/mol. The first kappa shape index (κ1) is 20.3. The Bertz CT molecular complexity index is 899. The number of aromatic nitrogens is 2. The molecule has 8 nitrogen and oxygen atoms in total. The van der Waals surface area contributed by atoms with Gasteiger partial charge >= 0.3 is 0 Å². The van der Waals surface area contributed by atoms with E-state index < -0.39 is 0 Å². The number of likely N-dealkylation sites (tertiary alicyclic amines) is 1. The molecule has 2 aromatic heterocycles. The van der Waals surface area contributed by atoms with Crippen molar-refractivity contribution in [2.24, 2.45) is 5.92 Å². The maximum absolute atomic E-state index is 13.2. The standard InChI is InChI=1S/C23H30N4O4/c28-22(17-3-4-17)27(18-7-12-30-13-8-18)19-2-1-10-26(14-19)23(29)21-6-5-20(31-21)15-25-11-9-24-16-25/h5-6,9,11,16-19H,1-4,7-8,10,12-15H2. The summed E-state index contributed by atoms with van der Waals surface area (Å²) >= 11 is 0. The van der Waals surface area contributed by atoms with E-state index in [4.69, 9.17) is 9.15 Å². The lowest BCUT2D eigenvalue weighted by molar-refractivity contribution is -0.141. The average Bonchev–Trinajstić information content (AvgIpc) is 3.34. The number of imidazole rings is 1. The number of furan rings is 1. The lowest BCUT2D eigenvalue weighted by Crippen LogP contribution is -2.56. The highest BCUT2D eigenvalue weighted by molar-refractivity contribution is 5.91. The molecule has 0 bridgehead atoms. The Morgan fingerprint density at radius 2 is 1.94 bits per heavy atom. The smallest absolute Gasteiger partial charge is 0.289 e. The van der Waals surface area contributed by atoms with Crippen LogP contribution in [0.5, 0.6) is 0 Å². The third kappa shape index (κ3) is 4.54. The number of ether oxygens (including phenoxy) is 1. The van der Waals surface area contributed by atoms with Gasteiger partial charge in [0.05, 0.1) is 12.9 Å². The molecule has 0 radical (unpaired) electrons. The third-order valence-electron chi connectivity index (χ3n) is 6.61. The summed E-state index contributed by atoms with van der Waals surface area (Å²) in [5.74, 6) is 1.47. The zero-order valence-electron chi connectivity index (χ0n) is 17.8. The van der Waals surface area contributed by atoms with Crippen LogP contribution in [0.1, 0.15) is 54.8 Å². The number of carbonyl (C=O) groups excluding carboxylic acids is 2. The van der Waals surface area contributed by atoms with Crippen molar-refractivity contribution in [2.45, 2.75) is 57.2 Å². The zero-order valence-corrected chi connectivity index (χ0v) is 17.8. The molecule has 2 aromatic rings. The summed E-state index contributed by atoms with van der Waals surface area (Å²) in [4.78, 5) is 34.4. The minimum Gasteiger partial charge on any atom is -0.454 e. The Morgan fingerprint density at radius 1 is 1.10 bits per heavy atom. The fraction of sp³-hybridized carbons (Fsp3) is 0.609. The van der Waals surface area contributed by atoms with E-state index >= 15 is 0 Å². The SMILES string of the molecule is O=C(c1ccc(Cn2ccnc2)o1)N1CCCC(N(C(=O)C2CC2)C2CCOCC2)C1. The van der Waals surface area contributed by atoms with E-state index in [0.29, 0.717) is 38.6 Å². The fourth-order valence-electron chi connectivity index (χ4n) is 4.82. The van der Waals surface area contributed by atoms with Gasteiger partial charge in [-0.2, -0.15) is 0 Å². The molecule has 8 heteroatoms. The molecule has 1 unspecified atom stereocenters. The number of hydrogen-bond donors (Lipinski definition) is 0. The van der Waals surface area contributed by atoms with Gasteiger partial charge in [-0.3, -0.25) is 9.59 Å². The topological polar surface area (TPSA) is 80.8 Å². The second-order valence-corrected chi connectivity index (χ2v) is 8.91. The van der Waals surface area contributed by atoms with Gasteiger partial charge in [-0.15, -0.1) is 0 Å². The number of amides is 2. The molecule has 0 aromatic carbocycles. The summed E-state index contributed by atoms with van der Waals surface area (Å²) in [6.45, 7) is 3.24. The Kier molecular flexibility index (Phi) is 5.80. The van der Waals surface area contributed by atoms with Crippen molar-refractivity contribution in [1.29, 1.82) is 0 Å².